The number of aromatic nitrogens is 2. The average Bonchev–Trinajstić information content (AvgIpc) is 3.48. The van der Waals surface area contributed by atoms with E-state index in [9.17, 15) is 23.2 Å². The number of H-pyrrole nitrogens is 1. The summed E-state index contributed by atoms with van der Waals surface area (Å²) in [4.78, 5) is 47.0. The Hall–Kier alpha value is -4.37. The molecule has 1 aromatic heterocycles. The first-order valence-electron chi connectivity index (χ1n) is 10.8. The molecule has 1 aliphatic heterocycles. The maximum atomic E-state index is 14.1. The molecule has 4 aromatic rings. The van der Waals surface area contributed by atoms with Crippen molar-refractivity contribution < 1.29 is 23.2 Å². The molecule has 0 radical (unpaired) electrons. The fourth-order valence-corrected chi connectivity index (χ4v) is 4.33. The highest BCUT2D eigenvalue weighted by Gasteiger charge is 2.44. The number of carbonyl (C=O) groups is 3. The van der Waals surface area contributed by atoms with Crippen molar-refractivity contribution in [1.82, 2.24) is 15.3 Å². The van der Waals surface area contributed by atoms with Crippen LogP contribution in [0.3, 0.4) is 0 Å². The number of amides is 2. The smallest absolute Gasteiger partial charge is 0.300 e. The van der Waals surface area contributed by atoms with Gasteiger partial charge in [-0.25, -0.2) is 13.8 Å². The fourth-order valence-electron chi connectivity index (χ4n) is 4.12. The van der Waals surface area contributed by atoms with Crippen molar-refractivity contribution in [1.29, 1.82) is 0 Å². The molecule has 10 heteroatoms. The van der Waals surface area contributed by atoms with Crippen LogP contribution >= 0.6 is 11.6 Å². The molecule has 2 N–H and O–H groups in total. The molecule has 7 nitrogen and oxygen atoms in total. The van der Waals surface area contributed by atoms with Crippen LogP contribution in [0.5, 0.6) is 0 Å². The quantitative estimate of drug-likeness (QED) is 0.374. The minimum absolute atomic E-state index is 0.0860. The summed E-state index contributed by atoms with van der Waals surface area (Å²) in [5.41, 5.74) is 2.10. The number of ketones is 1. The lowest BCUT2D eigenvalue weighted by molar-refractivity contribution is -0.125. The first-order valence-corrected chi connectivity index (χ1v) is 11.2. The van der Waals surface area contributed by atoms with E-state index >= 15 is 0 Å². The van der Waals surface area contributed by atoms with Gasteiger partial charge in [0.1, 0.15) is 6.04 Å². The van der Waals surface area contributed by atoms with Gasteiger partial charge in [0.05, 0.1) is 29.5 Å². The fraction of sp³-hybridized carbons (Fsp3) is 0.0769. The summed E-state index contributed by atoms with van der Waals surface area (Å²) < 4.78 is 28.0. The second kappa shape index (κ2) is 9.35. The van der Waals surface area contributed by atoms with E-state index in [4.69, 9.17) is 11.6 Å². The number of nitrogens with zero attached hydrogens (tertiary/aromatic N) is 2. The van der Waals surface area contributed by atoms with Crippen LogP contribution in [-0.2, 0) is 16.1 Å². The Balaban J connectivity index is 1.54. The Kier molecular flexibility index (Phi) is 6.07. The van der Waals surface area contributed by atoms with Crippen LogP contribution in [0, 0.1) is 11.6 Å². The monoisotopic (exact) mass is 506 g/mol. The van der Waals surface area contributed by atoms with E-state index < -0.39 is 35.3 Å². The van der Waals surface area contributed by atoms with E-state index in [1.807, 2.05) is 0 Å². The third-order valence-corrected chi connectivity index (χ3v) is 6.09. The first-order chi connectivity index (χ1) is 17.3. The molecule has 2 amide bonds. The molecule has 0 aliphatic carbocycles. The Morgan fingerprint density at radius 1 is 1.06 bits per heavy atom. The third kappa shape index (κ3) is 4.25. The SMILES string of the molecule is O=C1C(=O)N(C(C(=O)NCc2cccc(Cl)c2)c2ccc(-c3cnc[nH]3)cc2)c2cc(F)c(F)cc21. The number of fused-ring (bicyclic) bond motifs is 1. The standard InChI is InChI=1S/C26H17ClF2N4O3/c27-17-3-1-2-14(8-17)11-31-25(35)23(16-6-4-15(5-7-16)21-12-30-13-32-21)33-22-10-20(29)19(28)9-18(22)24(34)26(33)36/h1-10,12-13,23H,11H2,(H,30,32)(H,31,35). The van der Waals surface area contributed by atoms with Gasteiger partial charge >= 0.3 is 0 Å². The van der Waals surface area contributed by atoms with Gasteiger partial charge in [0, 0.05) is 17.6 Å². The molecule has 180 valence electrons. The van der Waals surface area contributed by atoms with Crippen molar-refractivity contribution in [3.8, 4) is 11.3 Å². The van der Waals surface area contributed by atoms with E-state index in [2.05, 4.69) is 15.3 Å². The van der Waals surface area contributed by atoms with E-state index in [0.717, 1.165) is 22.2 Å². The maximum absolute atomic E-state index is 14.1. The van der Waals surface area contributed by atoms with Crippen molar-refractivity contribution in [2.45, 2.75) is 12.6 Å². The van der Waals surface area contributed by atoms with Crippen molar-refractivity contribution in [2.24, 2.45) is 0 Å². The summed E-state index contributed by atoms with van der Waals surface area (Å²) in [6, 6.07) is 13.6. The number of rotatable bonds is 6. The van der Waals surface area contributed by atoms with E-state index in [0.29, 0.717) is 22.2 Å². The Labute approximate surface area is 208 Å². The average molecular weight is 507 g/mol. The molecule has 3 aromatic carbocycles. The number of aromatic amines is 1. The number of halogens is 3. The van der Waals surface area contributed by atoms with Gasteiger partial charge in [-0.2, -0.15) is 0 Å². The number of carbonyl (C=O) groups excluding carboxylic acids is 3. The van der Waals surface area contributed by atoms with Gasteiger partial charge in [-0.3, -0.25) is 19.3 Å². The van der Waals surface area contributed by atoms with Gasteiger partial charge in [-0.05, 0) is 34.9 Å². The van der Waals surface area contributed by atoms with Crippen LogP contribution < -0.4 is 10.2 Å². The van der Waals surface area contributed by atoms with Gasteiger partial charge in [-0.1, -0.05) is 48.0 Å². The minimum atomic E-state index is -1.33. The third-order valence-electron chi connectivity index (χ3n) is 5.85. The summed E-state index contributed by atoms with van der Waals surface area (Å²) >= 11 is 6.02. The highest BCUT2D eigenvalue weighted by molar-refractivity contribution is 6.52. The Morgan fingerprint density at radius 2 is 1.81 bits per heavy atom. The van der Waals surface area contributed by atoms with Crippen LogP contribution in [-0.4, -0.2) is 27.6 Å². The lowest BCUT2D eigenvalue weighted by Gasteiger charge is -2.28. The number of hydrogen-bond acceptors (Lipinski definition) is 4. The van der Waals surface area contributed by atoms with E-state index in [1.165, 1.54) is 6.33 Å². The molecule has 0 spiro atoms. The summed E-state index contributed by atoms with van der Waals surface area (Å²) in [6.07, 6.45) is 3.15. The molecule has 1 unspecified atom stereocenters. The second-order valence-corrected chi connectivity index (χ2v) is 8.56. The number of anilines is 1. The second-order valence-electron chi connectivity index (χ2n) is 8.13. The van der Waals surface area contributed by atoms with Crippen molar-refractivity contribution in [2.75, 3.05) is 4.90 Å². The molecule has 0 fully saturated rings. The summed E-state index contributed by atoms with van der Waals surface area (Å²) in [7, 11) is 0. The predicted molar refractivity (Wildman–Crippen MR) is 128 cm³/mol. The van der Waals surface area contributed by atoms with Crippen molar-refractivity contribution in [3.63, 3.8) is 0 Å². The zero-order valence-electron chi connectivity index (χ0n) is 18.5. The number of Topliss-reactive ketones (excluding diaryl/α,β-unsaturated/α-hetero) is 1. The summed E-state index contributed by atoms with van der Waals surface area (Å²) in [6.45, 7) is 0.0860. The highest BCUT2D eigenvalue weighted by Crippen LogP contribution is 2.38. The highest BCUT2D eigenvalue weighted by atomic mass is 35.5. The van der Waals surface area contributed by atoms with E-state index in [-0.39, 0.29) is 17.8 Å². The van der Waals surface area contributed by atoms with Gasteiger partial charge in [-0.15, -0.1) is 0 Å². The predicted octanol–water partition coefficient (Wildman–Crippen LogP) is 4.60. The van der Waals surface area contributed by atoms with Crippen LogP contribution in [0.2, 0.25) is 5.02 Å². The molecular weight excluding hydrogens is 490 g/mol. The lowest BCUT2D eigenvalue weighted by Crippen LogP contribution is -2.43. The summed E-state index contributed by atoms with van der Waals surface area (Å²) in [5, 5.41) is 3.23. The van der Waals surface area contributed by atoms with E-state index in [1.54, 1.807) is 54.7 Å². The molecule has 1 atom stereocenters. The first kappa shape index (κ1) is 23.4. The normalized spacial score (nSPS) is 13.6. The molecule has 2 heterocycles. The largest absolute Gasteiger partial charge is 0.350 e. The number of benzene rings is 3. The Bertz CT molecular complexity index is 1490. The number of imidazole rings is 1. The molecule has 36 heavy (non-hydrogen) atoms. The minimum Gasteiger partial charge on any atom is -0.350 e. The zero-order chi connectivity index (χ0) is 25.4. The molecule has 0 saturated heterocycles. The zero-order valence-corrected chi connectivity index (χ0v) is 19.2. The van der Waals surface area contributed by atoms with Crippen LogP contribution in [0.15, 0.2) is 73.2 Å². The van der Waals surface area contributed by atoms with Crippen molar-refractivity contribution in [3.05, 3.63) is 107 Å². The number of hydrogen-bond donors (Lipinski definition) is 2. The van der Waals surface area contributed by atoms with Gasteiger partial charge in [0.25, 0.3) is 11.7 Å². The number of nitrogens with one attached hydrogen (secondary N) is 2. The molecule has 5 rings (SSSR count). The van der Waals surface area contributed by atoms with Crippen LogP contribution in [0.1, 0.15) is 27.5 Å². The van der Waals surface area contributed by atoms with Crippen LogP contribution in [0.4, 0.5) is 14.5 Å². The molecule has 0 bridgehead atoms. The van der Waals surface area contributed by atoms with Gasteiger partial charge in [0.2, 0.25) is 5.91 Å². The maximum Gasteiger partial charge on any atom is 0.300 e. The van der Waals surface area contributed by atoms with Gasteiger partial charge in [0.15, 0.2) is 11.6 Å². The Morgan fingerprint density at radius 3 is 2.50 bits per heavy atom. The topological polar surface area (TPSA) is 95.2 Å². The molecule has 0 saturated carbocycles. The molecular formula is C26H17ClF2N4O3. The summed E-state index contributed by atoms with van der Waals surface area (Å²) in [5.74, 6) is -5.21. The molecule has 1 aliphatic rings. The lowest BCUT2D eigenvalue weighted by atomic mass is 10.0. The van der Waals surface area contributed by atoms with Gasteiger partial charge < -0.3 is 10.3 Å². The van der Waals surface area contributed by atoms with Crippen LogP contribution in [0.25, 0.3) is 11.3 Å². The van der Waals surface area contributed by atoms with Crippen molar-refractivity contribution >= 4 is 34.9 Å².